The van der Waals surface area contributed by atoms with Crippen LogP contribution in [0.4, 0.5) is 0 Å². The molecule has 0 amide bonds. The second-order valence-electron chi connectivity index (χ2n) is 3.26. The number of hydrogen-bond acceptors (Lipinski definition) is 5. The molecule has 0 aliphatic carbocycles. The van der Waals surface area contributed by atoms with E-state index in [2.05, 4.69) is 19.9 Å². The lowest BCUT2D eigenvalue weighted by Crippen LogP contribution is -2.02. The fourth-order valence-corrected chi connectivity index (χ4v) is 1.29. The minimum atomic E-state index is 0.227. The summed E-state index contributed by atoms with van der Waals surface area (Å²) < 4.78 is 5.32. The number of aromatic nitrogens is 4. The molecule has 2 heterocycles. The highest BCUT2D eigenvalue weighted by molar-refractivity contribution is 5.69. The van der Waals surface area contributed by atoms with Crippen LogP contribution in [0.3, 0.4) is 0 Å². The van der Waals surface area contributed by atoms with Gasteiger partial charge in [0.15, 0.2) is 24.2 Å². The van der Waals surface area contributed by atoms with E-state index in [0.717, 1.165) is 5.69 Å². The number of carbonyl (C=O) groups is 2. The van der Waals surface area contributed by atoms with Gasteiger partial charge in [-0.05, 0) is 0 Å². The van der Waals surface area contributed by atoms with Crippen LogP contribution in [0.15, 0.2) is 12.4 Å². The molecule has 0 aliphatic rings. The van der Waals surface area contributed by atoms with Gasteiger partial charge in [-0.3, -0.25) is 9.59 Å². The van der Waals surface area contributed by atoms with Crippen LogP contribution in [0.25, 0.3) is 0 Å². The topological polar surface area (TPSA) is 101 Å². The van der Waals surface area contributed by atoms with Gasteiger partial charge in [0, 0.05) is 18.3 Å². The summed E-state index contributed by atoms with van der Waals surface area (Å²) in [5.74, 6) is 0.955. The fourth-order valence-electron chi connectivity index (χ4n) is 1.29. The lowest BCUT2D eigenvalue weighted by Gasteiger charge is -2.00. The lowest BCUT2D eigenvalue weighted by atomic mass is 10.3. The molecule has 7 nitrogen and oxygen atoms in total. The fraction of sp³-hybridized carbons (Fsp3) is 0.200. The molecule has 0 atom stereocenters. The molecule has 7 heteroatoms. The zero-order valence-corrected chi connectivity index (χ0v) is 8.84. The van der Waals surface area contributed by atoms with E-state index in [4.69, 9.17) is 4.74 Å². The Labute approximate surface area is 96.2 Å². The van der Waals surface area contributed by atoms with Crippen LogP contribution in [0.2, 0.25) is 0 Å². The zero-order chi connectivity index (χ0) is 12.1. The van der Waals surface area contributed by atoms with Crippen molar-refractivity contribution in [2.24, 2.45) is 0 Å². The smallest absolute Gasteiger partial charge is 0.211 e. The van der Waals surface area contributed by atoms with E-state index in [0.29, 0.717) is 37.3 Å². The highest BCUT2D eigenvalue weighted by Crippen LogP contribution is 2.05. The molecular weight excluding hydrogens is 224 g/mol. The first-order valence-corrected chi connectivity index (χ1v) is 4.94. The van der Waals surface area contributed by atoms with Gasteiger partial charge in [0.2, 0.25) is 5.88 Å². The Bertz CT molecular complexity index is 471. The molecule has 88 valence electrons. The summed E-state index contributed by atoms with van der Waals surface area (Å²) in [4.78, 5) is 33.8. The molecule has 0 aromatic carbocycles. The maximum Gasteiger partial charge on any atom is 0.211 e. The molecule has 2 aromatic rings. The van der Waals surface area contributed by atoms with Crippen molar-refractivity contribution < 1.29 is 14.3 Å². The first kappa shape index (κ1) is 11.1. The molecule has 0 fully saturated rings. The van der Waals surface area contributed by atoms with Gasteiger partial charge in [0.25, 0.3) is 0 Å². The summed E-state index contributed by atoms with van der Waals surface area (Å²) >= 11 is 0. The monoisotopic (exact) mass is 234 g/mol. The van der Waals surface area contributed by atoms with E-state index in [-0.39, 0.29) is 5.82 Å². The van der Waals surface area contributed by atoms with E-state index in [1.54, 1.807) is 6.20 Å². The first-order valence-electron chi connectivity index (χ1n) is 4.94. The first-order chi connectivity index (χ1) is 8.31. The Morgan fingerprint density at radius 1 is 1.12 bits per heavy atom. The summed E-state index contributed by atoms with van der Waals surface area (Å²) in [7, 11) is 0. The van der Waals surface area contributed by atoms with Gasteiger partial charge in [0.05, 0.1) is 12.8 Å². The molecule has 0 aliphatic heterocycles. The number of nitrogens with zero attached hydrogens (tertiary/aromatic N) is 2. The summed E-state index contributed by atoms with van der Waals surface area (Å²) in [6.07, 6.45) is 4.86. The van der Waals surface area contributed by atoms with Gasteiger partial charge < -0.3 is 14.7 Å². The van der Waals surface area contributed by atoms with Crippen LogP contribution < -0.4 is 4.74 Å². The highest BCUT2D eigenvalue weighted by atomic mass is 16.5. The molecule has 2 N–H and O–H groups in total. The van der Waals surface area contributed by atoms with Crippen molar-refractivity contribution in [3.63, 3.8) is 0 Å². The number of rotatable bonds is 6. The predicted molar refractivity (Wildman–Crippen MR) is 57.1 cm³/mol. The quantitative estimate of drug-likeness (QED) is 0.703. The van der Waals surface area contributed by atoms with Crippen LogP contribution in [-0.4, -0.2) is 39.1 Å². The Balaban J connectivity index is 1.82. The van der Waals surface area contributed by atoms with Gasteiger partial charge in [0.1, 0.15) is 0 Å². The van der Waals surface area contributed by atoms with Gasteiger partial charge in [-0.15, -0.1) is 0 Å². The second kappa shape index (κ2) is 5.06. The number of carbonyl (C=O) groups excluding carboxylic acids is 2. The van der Waals surface area contributed by atoms with E-state index in [1.807, 2.05) is 0 Å². The largest absolute Gasteiger partial charge is 0.477 e. The number of nitrogens with one attached hydrogen (secondary N) is 2. The van der Waals surface area contributed by atoms with Crippen LogP contribution in [0.5, 0.6) is 5.88 Å². The molecule has 17 heavy (non-hydrogen) atoms. The summed E-state index contributed by atoms with van der Waals surface area (Å²) in [5, 5.41) is 0. The number of ether oxygens (including phenoxy) is 1. The van der Waals surface area contributed by atoms with Gasteiger partial charge in [-0.2, -0.15) is 0 Å². The summed E-state index contributed by atoms with van der Waals surface area (Å²) in [5.41, 5.74) is 0.808. The van der Waals surface area contributed by atoms with Crippen molar-refractivity contribution >= 4 is 12.6 Å². The normalized spacial score (nSPS) is 10.1. The molecule has 0 unspecified atom stereocenters. The van der Waals surface area contributed by atoms with Crippen molar-refractivity contribution in [2.75, 3.05) is 6.61 Å². The minimum Gasteiger partial charge on any atom is -0.477 e. The number of H-pyrrole nitrogens is 2. The van der Waals surface area contributed by atoms with Gasteiger partial charge >= 0.3 is 0 Å². The van der Waals surface area contributed by atoms with Crippen LogP contribution in [0.1, 0.15) is 26.9 Å². The third-order valence-electron chi connectivity index (χ3n) is 2.07. The Morgan fingerprint density at radius 2 is 1.82 bits per heavy atom. The average molecular weight is 234 g/mol. The lowest BCUT2D eigenvalue weighted by molar-refractivity contribution is 0.110. The standard InChI is InChI=1S/C10H10N4O3/c15-5-8-11-3-7(13-8)1-2-17-10-4-12-9(6-16)14-10/h3-6H,1-2H2,(H,11,13)(H,12,14). The third kappa shape index (κ3) is 2.77. The predicted octanol–water partition coefficient (Wildman–Crippen LogP) is 0.379. The number of imidazole rings is 2. The molecule has 0 radical (unpaired) electrons. The van der Waals surface area contributed by atoms with Crippen molar-refractivity contribution in [2.45, 2.75) is 6.42 Å². The Kier molecular flexibility index (Phi) is 3.29. The van der Waals surface area contributed by atoms with E-state index in [9.17, 15) is 9.59 Å². The molecular formula is C10H10N4O3. The summed E-state index contributed by atoms with van der Waals surface area (Å²) in [6, 6.07) is 0. The average Bonchev–Trinajstić information content (AvgIpc) is 2.97. The number of hydrogen-bond donors (Lipinski definition) is 2. The van der Waals surface area contributed by atoms with Crippen LogP contribution in [0, 0.1) is 0 Å². The highest BCUT2D eigenvalue weighted by Gasteiger charge is 2.02. The van der Waals surface area contributed by atoms with E-state index < -0.39 is 0 Å². The minimum absolute atomic E-state index is 0.227. The zero-order valence-electron chi connectivity index (χ0n) is 8.84. The SMILES string of the molecule is O=Cc1ncc(CCOc2cnc(C=O)[nH]2)[nH]1. The van der Waals surface area contributed by atoms with Crippen molar-refractivity contribution in [3.8, 4) is 5.88 Å². The van der Waals surface area contributed by atoms with Crippen LogP contribution in [-0.2, 0) is 6.42 Å². The third-order valence-corrected chi connectivity index (χ3v) is 2.07. The second-order valence-corrected chi connectivity index (χ2v) is 3.26. The molecule has 2 aromatic heterocycles. The maximum atomic E-state index is 10.4. The van der Waals surface area contributed by atoms with E-state index in [1.165, 1.54) is 6.20 Å². The van der Waals surface area contributed by atoms with Crippen LogP contribution >= 0.6 is 0 Å². The van der Waals surface area contributed by atoms with Crippen molar-refractivity contribution in [1.82, 2.24) is 19.9 Å². The molecule has 2 rings (SSSR count). The maximum absolute atomic E-state index is 10.4. The molecule has 0 spiro atoms. The van der Waals surface area contributed by atoms with E-state index >= 15 is 0 Å². The molecule has 0 saturated carbocycles. The molecule has 0 bridgehead atoms. The molecule has 0 saturated heterocycles. The van der Waals surface area contributed by atoms with Gasteiger partial charge in [-0.1, -0.05) is 0 Å². The Hall–Kier alpha value is -2.44. The van der Waals surface area contributed by atoms with Gasteiger partial charge in [-0.25, -0.2) is 9.97 Å². The summed E-state index contributed by atoms with van der Waals surface area (Å²) in [6.45, 7) is 0.390. The number of aldehydes is 2. The number of aromatic amines is 2. The Morgan fingerprint density at radius 3 is 2.47 bits per heavy atom. The van der Waals surface area contributed by atoms with Crippen molar-refractivity contribution in [1.29, 1.82) is 0 Å². The van der Waals surface area contributed by atoms with Crippen molar-refractivity contribution in [3.05, 3.63) is 29.7 Å².